The summed E-state index contributed by atoms with van der Waals surface area (Å²) in [4.78, 5) is 0. The molecule has 9 atom stereocenters. The second kappa shape index (κ2) is 10.5. The molecule has 36 heavy (non-hydrogen) atoms. The highest BCUT2D eigenvalue weighted by Gasteiger charge is 2.73. The summed E-state index contributed by atoms with van der Waals surface area (Å²) in [5.41, 5.74) is 1.73. The van der Waals surface area contributed by atoms with Crippen molar-refractivity contribution in [2.24, 2.45) is 79.8 Å². The van der Waals surface area contributed by atoms with E-state index >= 15 is 0 Å². The Morgan fingerprint density at radius 3 is 1.42 bits per heavy atom. The molecular weight excluding hydrogens is 432 g/mol. The van der Waals surface area contributed by atoms with E-state index in [1.165, 1.54) is 12.8 Å². The molecular formula is C36H72. The quantitative estimate of drug-likeness (QED) is 0.248. The van der Waals surface area contributed by atoms with Gasteiger partial charge >= 0.3 is 0 Å². The van der Waals surface area contributed by atoms with E-state index < -0.39 is 0 Å². The summed E-state index contributed by atoms with van der Waals surface area (Å²) in [6.45, 7) is 51.5. The first kappa shape index (κ1) is 34.0. The number of hydrogen-bond donors (Lipinski definition) is 0. The average molecular weight is 505 g/mol. The highest BCUT2D eigenvalue weighted by atomic mass is 14.8. The smallest absolute Gasteiger partial charge is 0.0184 e. The van der Waals surface area contributed by atoms with Crippen LogP contribution in [0.2, 0.25) is 0 Å². The third kappa shape index (κ3) is 4.57. The van der Waals surface area contributed by atoms with E-state index in [2.05, 4.69) is 138 Å². The van der Waals surface area contributed by atoms with Crippen molar-refractivity contribution in [1.82, 2.24) is 0 Å². The van der Waals surface area contributed by atoms with E-state index in [0.717, 1.165) is 11.8 Å². The first-order valence-electron chi connectivity index (χ1n) is 15.9. The average Bonchev–Trinajstić information content (AvgIpc) is 2.79. The summed E-state index contributed by atoms with van der Waals surface area (Å²) in [6.07, 6.45) is 2.52. The lowest BCUT2D eigenvalue weighted by Crippen LogP contribution is -2.72. The van der Waals surface area contributed by atoms with E-state index in [0.29, 0.717) is 51.8 Å². The summed E-state index contributed by atoms with van der Waals surface area (Å²) in [6, 6.07) is 0. The van der Waals surface area contributed by atoms with Gasteiger partial charge in [0.25, 0.3) is 0 Å². The fraction of sp³-hybridized carbons (Fsp3) is 1.00. The zero-order chi connectivity index (χ0) is 29.0. The Labute approximate surface area is 231 Å². The van der Waals surface area contributed by atoms with Gasteiger partial charge in [-0.3, -0.25) is 0 Å². The van der Waals surface area contributed by atoms with Crippen LogP contribution in [0.1, 0.15) is 151 Å². The fourth-order valence-corrected chi connectivity index (χ4v) is 10.6. The lowest BCUT2D eigenvalue weighted by Gasteiger charge is -2.77. The summed E-state index contributed by atoms with van der Waals surface area (Å²) in [7, 11) is 0. The SMILES string of the molecule is CCC(C)C(C)(C)C(C)C(C)(C)C(C)C(C)C(C)(C(C)(C)C(C)CC)C1(C)C(C)C(C)(C)C1C(C)C. The number of rotatable bonds is 12. The summed E-state index contributed by atoms with van der Waals surface area (Å²) in [5, 5.41) is 0. The molecule has 0 spiro atoms. The highest BCUT2D eigenvalue weighted by molar-refractivity contribution is 5.20. The summed E-state index contributed by atoms with van der Waals surface area (Å²) in [5.74, 6) is 5.46. The van der Waals surface area contributed by atoms with Gasteiger partial charge in [0.05, 0.1) is 0 Å². The van der Waals surface area contributed by atoms with Gasteiger partial charge in [0.1, 0.15) is 0 Å². The molecule has 1 aliphatic carbocycles. The Kier molecular flexibility index (Phi) is 9.95. The van der Waals surface area contributed by atoms with Crippen LogP contribution in [0.25, 0.3) is 0 Å². The molecule has 0 aromatic carbocycles. The Bertz CT molecular complexity index is 720. The molecule has 0 saturated heterocycles. The molecule has 1 saturated carbocycles. The van der Waals surface area contributed by atoms with Crippen molar-refractivity contribution >= 4 is 0 Å². The van der Waals surface area contributed by atoms with Gasteiger partial charge < -0.3 is 0 Å². The molecule has 1 aliphatic rings. The van der Waals surface area contributed by atoms with Gasteiger partial charge in [-0.1, -0.05) is 151 Å². The van der Waals surface area contributed by atoms with Gasteiger partial charge in [-0.25, -0.2) is 0 Å². The van der Waals surface area contributed by atoms with Crippen LogP contribution in [0.15, 0.2) is 0 Å². The summed E-state index contributed by atoms with van der Waals surface area (Å²) >= 11 is 0. The van der Waals surface area contributed by atoms with Gasteiger partial charge in [0.15, 0.2) is 0 Å². The molecule has 0 radical (unpaired) electrons. The molecule has 0 aromatic rings. The van der Waals surface area contributed by atoms with Crippen molar-refractivity contribution in [3.8, 4) is 0 Å². The standard InChI is InChI=1S/C36H72/c1-21-24(5)31(11,12)28(9)32(13,14)26(7)27(8)36(20,34(17,18)25(6)22-2)35(19)29(10)33(15,16)30(35)23(3)4/h23-30H,21-22H2,1-20H3. The van der Waals surface area contributed by atoms with Gasteiger partial charge in [-0.15, -0.1) is 0 Å². The van der Waals surface area contributed by atoms with Crippen molar-refractivity contribution < 1.29 is 0 Å². The van der Waals surface area contributed by atoms with E-state index in [9.17, 15) is 0 Å². The minimum atomic E-state index is 0.218. The molecule has 9 unspecified atom stereocenters. The van der Waals surface area contributed by atoms with Crippen LogP contribution in [-0.2, 0) is 0 Å². The van der Waals surface area contributed by atoms with Gasteiger partial charge in [0.2, 0.25) is 0 Å². The Morgan fingerprint density at radius 2 is 1.06 bits per heavy atom. The first-order chi connectivity index (χ1) is 15.9. The van der Waals surface area contributed by atoms with Gasteiger partial charge in [-0.2, -0.15) is 0 Å². The van der Waals surface area contributed by atoms with Crippen molar-refractivity contribution in [2.75, 3.05) is 0 Å². The molecule has 1 rings (SSSR count). The highest BCUT2D eigenvalue weighted by Crippen LogP contribution is 2.78. The zero-order valence-electron chi connectivity index (χ0n) is 29.0. The molecule has 216 valence electrons. The molecule has 0 heteroatoms. The van der Waals surface area contributed by atoms with Gasteiger partial charge in [-0.05, 0) is 79.8 Å². The van der Waals surface area contributed by atoms with Crippen molar-refractivity contribution in [3.05, 3.63) is 0 Å². The summed E-state index contributed by atoms with van der Waals surface area (Å²) < 4.78 is 0. The monoisotopic (exact) mass is 505 g/mol. The molecule has 0 aliphatic heterocycles. The Balaban J connectivity index is 3.82. The fourth-order valence-electron chi connectivity index (χ4n) is 10.6. The Morgan fingerprint density at radius 1 is 0.639 bits per heavy atom. The maximum Gasteiger partial charge on any atom is -0.0184 e. The van der Waals surface area contributed by atoms with E-state index in [1.807, 2.05) is 0 Å². The van der Waals surface area contributed by atoms with Gasteiger partial charge in [0, 0.05) is 0 Å². The van der Waals surface area contributed by atoms with Crippen LogP contribution in [-0.4, -0.2) is 0 Å². The van der Waals surface area contributed by atoms with Crippen LogP contribution in [0.4, 0.5) is 0 Å². The molecule has 0 bridgehead atoms. The van der Waals surface area contributed by atoms with E-state index in [4.69, 9.17) is 0 Å². The predicted octanol–water partition coefficient (Wildman–Crippen LogP) is 12.0. The molecule has 0 amide bonds. The maximum atomic E-state index is 2.75. The molecule has 0 heterocycles. The van der Waals surface area contributed by atoms with E-state index in [-0.39, 0.29) is 16.2 Å². The third-order valence-corrected chi connectivity index (χ3v) is 15.4. The largest absolute Gasteiger partial charge is 0.0651 e. The van der Waals surface area contributed by atoms with Crippen LogP contribution < -0.4 is 0 Å². The lowest BCUT2D eigenvalue weighted by atomic mass is 9.27. The van der Waals surface area contributed by atoms with Crippen LogP contribution in [0, 0.1) is 79.8 Å². The van der Waals surface area contributed by atoms with Crippen LogP contribution in [0.5, 0.6) is 0 Å². The van der Waals surface area contributed by atoms with Crippen LogP contribution >= 0.6 is 0 Å². The zero-order valence-corrected chi connectivity index (χ0v) is 29.0. The lowest BCUT2D eigenvalue weighted by molar-refractivity contribution is -0.301. The Hall–Kier alpha value is 0. The first-order valence-corrected chi connectivity index (χ1v) is 15.9. The predicted molar refractivity (Wildman–Crippen MR) is 165 cm³/mol. The third-order valence-electron chi connectivity index (χ3n) is 15.4. The minimum absolute atomic E-state index is 0.218. The van der Waals surface area contributed by atoms with Crippen LogP contribution in [0.3, 0.4) is 0 Å². The second-order valence-corrected chi connectivity index (χ2v) is 17.0. The minimum Gasteiger partial charge on any atom is -0.0651 e. The topological polar surface area (TPSA) is 0 Å². The molecule has 0 aromatic heterocycles. The van der Waals surface area contributed by atoms with Crippen molar-refractivity contribution in [1.29, 1.82) is 0 Å². The second-order valence-electron chi connectivity index (χ2n) is 17.0. The molecule has 1 fully saturated rings. The molecule has 0 N–H and O–H groups in total. The van der Waals surface area contributed by atoms with Crippen molar-refractivity contribution in [3.63, 3.8) is 0 Å². The maximum absolute atomic E-state index is 2.75. The normalized spacial score (nSPS) is 31.2. The molecule has 0 nitrogen and oxygen atoms in total. The van der Waals surface area contributed by atoms with Crippen molar-refractivity contribution in [2.45, 2.75) is 151 Å². The number of hydrogen-bond acceptors (Lipinski definition) is 0. The van der Waals surface area contributed by atoms with E-state index in [1.54, 1.807) is 0 Å².